The zero-order valence-electron chi connectivity index (χ0n) is 12.1. The fraction of sp³-hybridized carbons (Fsp3) is 0.312. The number of anilines is 1. The highest BCUT2D eigenvalue weighted by Crippen LogP contribution is 2.21. The Labute approximate surface area is 124 Å². The SMILES string of the molecule is CC(C)c1ccc(CN(C)C(=O)c2sccc2N)cc1. The van der Waals surface area contributed by atoms with Crippen LogP contribution in [0.15, 0.2) is 35.7 Å². The van der Waals surface area contributed by atoms with Crippen molar-refractivity contribution < 1.29 is 4.79 Å². The third-order valence-electron chi connectivity index (χ3n) is 3.30. The number of benzene rings is 1. The molecule has 0 saturated carbocycles. The largest absolute Gasteiger partial charge is 0.397 e. The summed E-state index contributed by atoms with van der Waals surface area (Å²) in [6.07, 6.45) is 0. The molecule has 0 aliphatic rings. The van der Waals surface area contributed by atoms with Gasteiger partial charge in [0.1, 0.15) is 4.88 Å². The summed E-state index contributed by atoms with van der Waals surface area (Å²) in [7, 11) is 1.80. The lowest BCUT2D eigenvalue weighted by Crippen LogP contribution is -2.26. The lowest BCUT2D eigenvalue weighted by atomic mass is 10.0. The number of nitrogens with zero attached hydrogens (tertiary/aromatic N) is 1. The van der Waals surface area contributed by atoms with E-state index >= 15 is 0 Å². The molecule has 2 rings (SSSR count). The summed E-state index contributed by atoms with van der Waals surface area (Å²) in [5.41, 5.74) is 8.78. The second-order valence-electron chi connectivity index (χ2n) is 5.26. The first-order chi connectivity index (χ1) is 9.49. The third kappa shape index (κ3) is 3.20. The Morgan fingerprint density at radius 2 is 1.90 bits per heavy atom. The lowest BCUT2D eigenvalue weighted by molar-refractivity contribution is 0.0791. The molecule has 3 nitrogen and oxygen atoms in total. The standard InChI is InChI=1S/C16H20N2OS/c1-11(2)13-6-4-12(5-7-13)10-18(3)16(19)15-14(17)8-9-20-15/h4-9,11H,10,17H2,1-3H3. The number of thiophene rings is 1. The zero-order valence-corrected chi connectivity index (χ0v) is 12.9. The van der Waals surface area contributed by atoms with Crippen LogP contribution in [0.1, 0.15) is 40.6 Å². The minimum atomic E-state index is -0.0227. The van der Waals surface area contributed by atoms with Crippen LogP contribution < -0.4 is 5.73 Å². The van der Waals surface area contributed by atoms with Crippen molar-refractivity contribution in [3.63, 3.8) is 0 Å². The summed E-state index contributed by atoms with van der Waals surface area (Å²) in [6.45, 7) is 4.93. The van der Waals surface area contributed by atoms with Gasteiger partial charge in [-0.2, -0.15) is 0 Å². The number of hydrogen-bond donors (Lipinski definition) is 1. The first-order valence-electron chi connectivity index (χ1n) is 6.66. The molecule has 0 radical (unpaired) electrons. The molecule has 0 aliphatic heterocycles. The van der Waals surface area contributed by atoms with Crippen LogP contribution in [0.4, 0.5) is 5.69 Å². The molecule has 1 aromatic carbocycles. The summed E-state index contributed by atoms with van der Waals surface area (Å²) in [4.78, 5) is 14.6. The zero-order chi connectivity index (χ0) is 14.7. The van der Waals surface area contributed by atoms with Gasteiger partial charge in [0.05, 0.1) is 5.69 Å². The van der Waals surface area contributed by atoms with Gasteiger partial charge in [0.25, 0.3) is 5.91 Å². The maximum absolute atomic E-state index is 12.3. The lowest BCUT2D eigenvalue weighted by Gasteiger charge is -2.17. The van der Waals surface area contributed by atoms with Gasteiger partial charge in [-0.3, -0.25) is 4.79 Å². The topological polar surface area (TPSA) is 46.3 Å². The van der Waals surface area contributed by atoms with Gasteiger partial charge in [-0.25, -0.2) is 0 Å². The van der Waals surface area contributed by atoms with E-state index < -0.39 is 0 Å². The van der Waals surface area contributed by atoms with Gasteiger partial charge < -0.3 is 10.6 Å². The molecule has 2 aromatic rings. The van der Waals surface area contributed by atoms with Crippen LogP contribution in [-0.2, 0) is 6.54 Å². The van der Waals surface area contributed by atoms with Gasteiger partial charge in [-0.05, 0) is 28.5 Å². The van der Waals surface area contributed by atoms with Crippen molar-refractivity contribution in [1.82, 2.24) is 4.90 Å². The quantitative estimate of drug-likeness (QED) is 0.932. The van der Waals surface area contributed by atoms with Crippen LogP contribution in [0, 0.1) is 0 Å². The Morgan fingerprint density at radius 3 is 2.40 bits per heavy atom. The van der Waals surface area contributed by atoms with E-state index in [9.17, 15) is 4.79 Å². The molecule has 0 saturated heterocycles. The Balaban J connectivity index is 2.06. The fourth-order valence-electron chi connectivity index (χ4n) is 2.02. The first-order valence-corrected chi connectivity index (χ1v) is 7.54. The molecule has 1 heterocycles. The molecule has 0 fully saturated rings. The highest BCUT2D eigenvalue weighted by Gasteiger charge is 2.16. The number of amides is 1. The Hall–Kier alpha value is -1.81. The molecule has 106 valence electrons. The number of carbonyl (C=O) groups is 1. The predicted molar refractivity (Wildman–Crippen MR) is 85.1 cm³/mol. The van der Waals surface area contributed by atoms with Gasteiger partial charge in [0.2, 0.25) is 0 Å². The highest BCUT2D eigenvalue weighted by molar-refractivity contribution is 7.12. The molecular formula is C16H20N2OS. The van der Waals surface area contributed by atoms with E-state index in [0.717, 1.165) is 5.56 Å². The van der Waals surface area contributed by atoms with Crippen LogP contribution in [-0.4, -0.2) is 17.9 Å². The fourth-order valence-corrected chi connectivity index (χ4v) is 2.83. The number of rotatable bonds is 4. The summed E-state index contributed by atoms with van der Waals surface area (Å²) < 4.78 is 0. The molecule has 0 aliphatic carbocycles. The van der Waals surface area contributed by atoms with Gasteiger partial charge in [-0.15, -0.1) is 11.3 Å². The maximum Gasteiger partial charge on any atom is 0.266 e. The van der Waals surface area contributed by atoms with Crippen molar-refractivity contribution in [2.24, 2.45) is 0 Å². The van der Waals surface area contributed by atoms with Crippen molar-refractivity contribution in [2.45, 2.75) is 26.3 Å². The molecular weight excluding hydrogens is 268 g/mol. The van der Waals surface area contributed by atoms with E-state index in [0.29, 0.717) is 23.0 Å². The van der Waals surface area contributed by atoms with Crippen molar-refractivity contribution in [2.75, 3.05) is 12.8 Å². The smallest absolute Gasteiger partial charge is 0.266 e. The molecule has 0 atom stereocenters. The third-order valence-corrected chi connectivity index (χ3v) is 4.22. The van der Waals surface area contributed by atoms with E-state index in [2.05, 4.69) is 38.1 Å². The monoisotopic (exact) mass is 288 g/mol. The van der Waals surface area contributed by atoms with E-state index in [1.54, 1.807) is 18.0 Å². The Bertz CT molecular complexity index is 587. The van der Waals surface area contributed by atoms with Crippen molar-refractivity contribution in [3.8, 4) is 0 Å². The molecule has 20 heavy (non-hydrogen) atoms. The summed E-state index contributed by atoms with van der Waals surface area (Å²) in [5, 5.41) is 1.84. The molecule has 0 bridgehead atoms. The van der Waals surface area contributed by atoms with Gasteiger partial charge in [-0.1, -0.05) is 38.1 Å². The molecule has 4 heteroatoms. The Kier molecular flexibility index (Phi) is 4.45. The molecule has 1 aromatic heterocycles. The highest BCUT2D eigenvalue weighted by atomic mass is 32.1. The normalized spacial score (nSPS) is 10.8. The number of hydrogen-bond acceptors (Lipinski definition) is 3. The summed E-state index contributed by atoms with van der Waals surface area (Å²) in [6, 6.07) is 10.2. The van der Waals surface area contributed by atoms with Crippen LogP contribution in [0.2, 0.25) is 0 Å². The van der Waals surface area contributed by atoms with Gasteiger partial charge in [0, 0.05) is 13.6 Å². The summed E-state index contributed by atoms with van der Waals surface area (Å²) in [5.74, 6) is 0.500. The van der Waals surface area contributed by atoms with E-state index in [1.807, 2.05) is 5.38 Å². The van der Waals surface area contributed by atoms with Crippen LogP contribution >= 0.6 is 11.3 Å². The second kappa shape index (κ2) is 6.09. The van der Waals surface area contributed by atoms with E-state index in [1.165, 1.54) is 16.9 Å². The van der Waals surface area contributed by atoms with E-state index in [4.69, 9.17) is 5.73 Å². The second-order valence-corrected chi connectivity index (χ2v) is 6.18. The van der Waals surface area contributed by atoms with Gasteiger partial charge in [0.15, 0.2) is 0 Å². The van der Waals surface area contributed by atoms with Crippen molar-refractivity contribution in [3.05, 3.63) is 51.7 Å². The van der Waals surface area contributed by atoms with Crippen LogP contribution in [0.5, 0.6) is 0 Å². The van der Waals surface area contributed by atoms with Crippen molar-refractivity contribution >= 4 is 22.9 Å². The molecule has 2 N–H and O–H groups in total. The minimum absolute atomic E-state index is 0.0227. The van der Waals surface area contributed by atoms with Gasteiger partial charge >= 0.3 is 0 Å². The molecule has 0 unspecified atom stereocenters. The van der Waals surface area contributed by atoms with Crippen LogP contribution in [0.3, 0.4) is 0 Å². The maximum atomic E-state index is 12.3. The number of nitrogens with two attached hydrogens (primary N) is 1. The van der Waals surface area contributed by atoms with E-state index in [-0.39, 0.29) is 5.91 Å². The first kappa shape index (κ1) is 14.6. The number of carbonyl (C=O) groups excluding carboxylic acids is 1. The summed E-state index contributed by atoms with van der Waals surface area (Å²) >= 11 is 1.39. The Morgan fingerprint density at radius 1 is 1.25 bits per heavy atom. The molecule has 1 amide bonds. The predicted octanol–water partition coefficient (Wildman–Crippen LogP) is 3.73. The average molecular weight is 288 g/mol. The average Bonchev–Trinajstić information content (AvgIpc) is 2.84. The molecule has 0 spiro atoms. The van der Waals surface area contributed by atoms with Crippen LogP contribution in [0.25, 0.3) is 0 Å². The van der Waals surface area contributed by atoms with Crippen molar-refractivity contribution in [1.29, 1.82) is 0 Å². The number of nitrogen functional groups attached to an aromatic ring is 1. The minimum Gasteiger partial charge on any atom is -0.397 e.